The number of rotatable bonds is 6. The topological polar surface area (TPSA) is 50.2 Å². The number of hydrogen-bond donors (Lipinski definition) is 1. The Hall–Kier alpha value is -1.07. The molecule has 0 spiro atoms. The summed E-state index contributed by atoms with van der Waals surface area (Å²) in [5, 5.41) is 7.57. The number of aromatic nitrogens is 2. The molecule has 6 heteroatoms. The molecule has 21 heavy (non-hydrogen) atoms. The van der Waals surface area contributed by atoms with Crippen molar-refractivity contribution >= 4 is 17.5 Å². The Kier molecular flexibility index (Phi) is 6.23. The van der Waals surface area contributed by atoms with Crippen LogP contribution >= 0.6 is 11.6 Å². The molecule has 0 aliphatic carbocycles. The lowest BCUT2D eigenvalue weighted by molar-refractivity contribution is 0.0905. The Balaban J connectivity index is 2.72. The number of halogens is 1. The summed E-state index contributed by atoms with van der Waals surface area (Å²) in [7, 11) is 1.78. The van der Waals surface area contributed by atoms with E-state index in [1.807, 2.05) is 13.8 Å². The van der Waals surface area contributed by atoms with Crippen molar-refractivity contribution in [1.29, 1.82) is 0 Å². The number of aryl methyl sites for hydroxylation is 1. The van der Waals surface area contributed by atoms with Crippen molar-refractivity contribution in [3.63, 3.8) is 0 Å². The normalized spacial score (nSPS) is 13.3. The maximum Gasteiger partial charge on any atom is 0.273 e. The van der Waals surface area contributed by atoms with Crippen LogP contribution in [0.4, 0.5) is 0 Å². The van der Waals surface area contributed by atoms with Gasteiger partial charge < -0.3 is 5.32 Å². The average molecular weight is 315 g/mol. The molecule has 1 unspecified atom stereocenters. The Morgan fingerprint density at radius 3 is 2.19 bits per heavy atom. The fourth-order valence-corrected chi connectivity index (χ4v) is 2.65. The molecule has 0 aliphatic heterocycles. The first kappa shape index (κ1) is 18.0. The monoisotopic (exact) mass is 314 g/mol. The lowest BCUT2D eigenvalue weighted by Crippen LogP contribution is -2.47. The molecular formula is C15H27ClN4O. The van der Waals surface area contributed by atoms with Gasteiger partial charge in [0.2, 0.25) is 0 Å². The highest BCUT2D eigenvalue weighted by atomic mass is 35.5. The molecule has 1 amide bonds. The second-order valence-corrected chi connectivity index (χ2v) is 6.51. The minimum atomic E-state index is -0.219. The van der Waals surface area contributed by atoms with Crippen molar-refractivity contribution in [1.82, 2.24) is 20.0 Å². The highest BCUT2D eigenvalue weighted by Crippen LogP contribution is 2.19. The van der Waals surface area contributed by atoms with Crippen LogP contribution < -0.4 is 5.32 Å². The van der Waals surface area contributed by atoms with Crippen LogP contribution in [-0.4, -0.2) is 45.3 Å². The van der Waals surface area contributed by atoms with Crippen LogP contribution in [0.15, 0.2) is 0 Å². The molecule has 0 fully saturated rings. The quantitative estimate of drug-likeness (QED) is 0.878. The van der Waals surface area contributed by atoms with Crippen LogP contribution in [0.1, 0.15) is 50.8 Å². The van der Waals surface area contributed by atoms with Gasteiger partial charge in [0, 0.05) is 31.7 Å². The molecule has 0 saturated heterocycles. The third-order valence-electron chi connectivity index (χ3n) is 3.66. The summed E-state index contributed by atoms with van der Waals surface area (Å²) in [6.07, 6.45) is 0. The minimum Gasteiger partial charge on any atom is -0.347 e. The number of carbonyl (C=O) groups excluding carboxylic acids is 1. The van der Waals surface area contributed by atoms with Crippen molar-refractivity contribution < 1.29 is 4.79 Å². The van der Waals surface area contributed by atoms with E-state index in [1.165, 1.54) is 0 Å². The van der Waals surface area contributed by atoms with Crippen LogP contribution in [0.5, 0.6) is 0 Å². The van der Waals surface area contributed by atoms with E-state index in [9.17, 15) is 4.79 Å². The summed E-state index contributed by atoms with van der Waals surface area (Å²) in [4.78, 5) is 14.6. The van der Waals surface area contributed by atoms with Gasteiger partial charge in [-0.3, -0.25) is 14.4 Å². The predicted octanol–water partition coefficient (Wildman–Crippen LogP) is 2.62. The van der Waals surface area contributed by atoms with E-state index >= 15 is 0 Å². The van der Waals surface area contributed by atoms with E-state index in [0.29, 0.717) is 22.8 Å². The summed E-state index contributed by atoms with van der Waals surface area (Å²) in [6, 6.07) is 0.899. The number of carbonyl (C=O) groups is 1. The van der Waals surface area contributed by atoms with Crippen LogP contribution in [0.3, 0.4) is 0 Å². The standard InChI is InChI=1S/C15H27ClN4O/c1-9(2)20(10(3)4)8-11(5)17-15(21)14-13(16)12(6)19(7)18-14/h9-11H,8H2,1-7H3,(H,17,21). The number of hydrogen-bond acceptors (Lipinski definition) is 3. The molecule has 0 radical (unpaired) electrons. The van der Waals surface area contributed by atoms with E-state index < -0.39 is 0 Å². The van der Waals surface area contributed by atoms with Gasteiger partial charge in [-0.05, 0) is 41.5 Å². The van der Waals surface area contributed by atoms with Gasteiger partial charge in [-0.2, -0.15) is 5.10 Å². The van der Waals surface area contributed by atoms with E-state index in [4.69, 9.17) is 11.6 Å². The minimum absolute atomic E-state index is 0.0284. The third kappa shape index (κ3) is 4.45. The first-order valence-electron chi connectivity index (χ1n) is 7.40. The fraction of sp³-hybridized carbons (Fsp3) is 0.733. The van der Waals surface area contributed by atoms with Crippen molar-refractivity contribution in [2.75, 3.05) is 6.54 Å². The molecule has 1 atom stereocenters. The largest absolute Gasteiger partial charge is 0.347 e. The summed E-state index contributed by atoms with van der Waals surface area (Å²) in [6.45, 7) is 13.3. The summed E-state index contributed by atoms with van der Waals surface area (Å²) in [5.74, 6) is -0.219. The molecule has 0 aromatic carbocycles. The highest BCUT2D eigenvalue weighted by molar-refractivity contribution is 6.34. The van der Waals surface area contributed by atoms with E-state index in [1.54, 1.807) is 11.7 Å². The van der Waals surface area contributed by atoms with Crippen LogP contribution in [-0.2, 0) is 7.05 Å². The molecule has 0 saturated carbocycles. The first-order chi connectivity index (χ1) is 9.65. The van der Waals surface area contributed by atoms with Crippen molar-refractivity contribution in [3.8, 4) is 0 Å². The number of nitrogens with one attached hydrogen (secondary N) is 1. The zero-order chi connectivity index (χ0) is 16.3. The van der Waals surface area contributed by atoms with Gasteiger partial charge in [-0.15, -0.1) is 0 Å². The number of nitrogens with zero attached hydrogens (tertiary/aromatic N) is 3. The molecule has 1 aromatic heterocycles. The van der Waals surface area contributed by atoms with Crippen molar-refractivity contribution in [3.05, 3.63) is 16.4 Å². The Labute approximate surface area is 132 Å². The maximum atomic E-state index is 12.3. The molecule has 0 aliphatic rings. The molecular weight excluding hydrogens is 288 g/mol. The lowest BCUT2D eigenvalue weighted by Gasteiger charge is -2.33. The van der Waals surface area contributed by atoms with Gasteiger partial charge in [0.25, 0.3) is 5.91 Å². The van der Waals surface area contributed by atoms with Crippen LogP contribution in [0.25, 0.3) is 0 Å². The maximum absolute atomic E-state index is 12.3. The lowest BCUT2D eigenvalue weighted by atomic mass is 10.2. The average Bonchev–Trinajstić information content (AvgIpc) is 2.63. The van der Waals surface area contributed by atoms with Crippen molar-refractivity contribution in [2.24, 2.45) is 7.05 Å². The summed E-state index contributed by atoms with van der Waals surface area (Å²) < 4.78 is 1.62. The first-order valence-corrected chi connectivity index (χ1v) is 7.78. The van der Waals surface area contributed by atoms with Gasteiger partial charge in [0.1, 0.15) is 0 Å². The molecule has 1 aromatic rings. The van der Waals surface area contributed by atoms with Gasteiger partial charge in [-0.1, -0.05) is 11.6 Å². The second-order valence-electron chi connectivity index (χ2n) is 6.13. The van der Waals surface area contributed by atoms with E-state index in [0.717, 1.165) is 12.2 Å². The smallest absolute Gasteiger partial charge is 0.273 e. The van der Waals surface area contributed by atoms with Crippen LogP contribution in [0.2, 0.25) is 5.02 Å². The number of amides is 1. The Morgan fingerprint density at radius 2 is 1.81 bits per heavy atom. The molecule has 0 bridgehead atoms. The van der Waals surface area contributed by atoms with Gasteiger partial charge >= 0.3 is 0 Å². The molecule has 1 N–H and O–H groups in total. The molecule has 1 heterocycles. The fourth-order valence-electron chi connectivity index (χ4n) is 2.40. The Morgan fingerprint density at radius 1 is 1.29 bits per heavy atom. The summed E-state index contributed by atoms with van der Waals surface area (Å²) >= 11 is 6.14. The van der Waals surface area contributed by atoms with Crippen LogP contribution in [0, 0.1) is 6.92 Å². The zero-order valence-electron chi connectivity index (χ0n) is 14.1. The molecule has 1 rings (SSSR count). The molecule has 120 valence electrons. The summed E-state index contributed by atoms with van der Waals surface area (Å²) in [5.41, 5.74) is 1.09. The van der Waals surface area contributed by atoms with E-state index in [-0.39, 0.29) is 11.9 Å². The third-order valence-corrected chi connectivity index (χ3v) is 4.12. The van der Waals surface area contributed by atoms with Gasteiger partial charge in [-0.25, -0.2) is 0 Å². The van der Waals surface area contributed by atoms with Gasteiger partial charge in [0.15, 0.2) is 5.69 Å². The second kappa shape index (κ2) is 7.27. The predicted molar refractivity (Wildman–Crippen MR) is 86.9 cm³/mol. The Bertz CT molecular complexity index is 488. The molecule has 5 nitrogen and oxygen atoms in total. The van der Waals surface area contributed by atoms with Gasteiger partial charge in [0.05, 0.1) is 10.7 Å². The SMILES string of the molecule is Cc1c(Cl)c(C(=O)NC(C)CN(C(C)C)C(C)C)nn1C. The zero-order valence-corrected chi connectivity index (χ0v) is 14.8. The highest BCUT2D eigenvalue weighted by Gasteiger charge is 2.22. The van der Waals surface area contributed by atoms with Crippen molar-refractivity contribution in [2.45, 2.75) is 59.7 Å². The van der Waals surface area contributed by atoms with E-state index in [2.05, 4.69) is 43.0 Å².